The Morgan fingerprint density at radius 2 is 1.00 bits per heavy atom. The van der Waals surface area contributed by atoms with Gasteiger partial charge in [-0.3, -0.25) is 0 Å². The molecule has 4 aromatic carbocycles. The molecule has 0 fully saturated rings. The predicted molar refractivity (Wildman–Crippen MR) is 147 cm³/mol. The topological polar surface area (TPSA) is 66.8 Å². The van der Waals surface area contributed by atoms with Crippen LogP contribution in [-0.4, -0.2) is 9.79 Å². The predicted octanol–water partition coefficient (Wildman–Crippen LogP) is 5.97. The molecule has 0 aliphatic heterocycles. The molecule has 0 saturated heterocycles. The first-order chi connectivity index (χ1) is 16.6. The molecular formula is C29H32O4P2. The van der Waals surface area contributed by atoms with Gasteiger partial charge in [0.25, 0.3) is 0 Å². The zero-order valence-electron chi connectivity index (χ0n) is 20.6. The molecule has 4 nitrogen and oxygen atoms in total. The number of phosphoric acid groups is 1. The average molecular weight is 507 g/mol. The first kappa shape index (κ1) is 25.5. The van der Waals surface area contributed by atoms with Crippen molar-refractivity contribution in [3.05, 3.63) is 125 Å². The van der Waals surface area contributed by atoms with Crippen LogP contribution >= 0.6 is 14.7 Å². The Morgan fingerprint density at radius 1 is 0.629 bits per heavy atom. The Hall–Kier alpha value is -2.58. The Kier molecular flexibility index (Phi) is 6.90. The maximum atomic E-state index is 13.1. The van der Waals surface area contributed by atoms with Crippen LogP contribution in [0, 0.1) is 27.7 Å². The summed E-state index contributed by atoms with van der Waals surface area (Å²) in [4.78, 5) is 21.2. The second-order valence-corrected chi connectivity index (χ2v) is 15.1. The molecule has 0 aliphatic rings. The van der Waals surface area contributed by atoms with Gasteiger partial charge in [0.05, 0.1) is 0 Å². The summed E-state index contributed by atoms with van der Waals surface area (Å²) < 4.78 is 19.5. The van der Waals surface area contributed by atoms with E-state index in [1.54, 1.807) is 0 Å². The van der Waals surface area contributed by atoms with Crippen LogP contribution in [0.25, 0.3) is 0 Å². The monoisotopic (exact) mass is 506 g/mol. The minimum atomic E-state index is -5.00. The Labute approximate surface area is 207 Å². The number of rotatable bonds is 7. The number of aryl methyl sites for hydroxylation is 4. The molecule has 0 saturated carbocycles. The molecule has 0 unspecified atom stereocenters. The van der Waals surface area contributed by atoms with Gasteiger partial charge in [-0.2, -0.15) is 0 Å². The van der Waals surface area contributed by atoms with E-state index in [0.717, 1.165) is 43.7 Å². The molecule has 0 spiro atoms. The van der Waals surface area contributed by atoms with Crippen molar-refractivity contribution < 1.29 is 18.7 Å². The Bertz CT molecular complexity index is 1290. The van der Waals surface area contributed by atoms with Gasteiger partial charge in [0.1, 0.15) is 0 Å². The number of benzene rings is 4. The van der Waals surface area contributed by atoms with Crippen molar-refractivity contribution in [3.63, 3.8) is 0 Å². The summed E-state index contributed by atoms with van der Waals surface area (Å²) in [5, 5.41) is 2.48. The van der Waals surface area contributed by atoms with Crippen LogP contribution in [0.2, 0.25) is 0 Å². The fraction of sp³-hybridized carbons (Fsp3) is 0.172. The average Bonchev–Trinajstić information content (AvgIpc) is 2.80. The third-order valence-electron chi connectivity index (χ3n) is 6.77. The van der Waals surface area contributed by atoms with E-state index in [0.29, 0.717) is 6.16 Å². The van der Waals surface area contributed by atoms with Crippen molar-refractivity contribution in [1.82, 2.24) is 0 Å². The van der Waals surface area contributed by atoms with E-state index in [1.165, 1.54) is 0 Å². The van der Waals surface area contributed by atoms with Gasteiger partial charge in [-0.05, 0) is 0 Å². The summed E-state index contributed by atoms with van der Waals surface area (Å²) in [5.74, 6) is 0. The summed E-state index contributed by atoms with van der Waals surface area (Å²) in [5.41, 5.74) is 4.86. The third kappa shape index (κ3) is 4.54. The van der Waals surface area contributed by atoms with Gasteiger partial charge in [-0.25, -0.2) is 0 Å². The zero-order chi connectivity index (χ0) is 25.3. The van der Waals surface area contributed by atoms with E-state index in [9.17, 15) is 14.4 Å². The van der Waals surface area contributed by atoms with Gasteiger partial charge in [-0.15, -0.1) is 0 Å². The van der Waals surface area contributed by atoms with Gasteiger partial charge < -0.3 is 0 Å². The van der Waals surface area contributed by atoms with Crippen LogP contribution in [0.15, 0.2) is 97.1 Å². The van der Waals surface area contributed by atoms with Gasteiger partial charge in [-0.1, -0.05) is 0 Å². The van der Waals surface area contributed by atoms with E-state index >= 15 is 0 Å². The van der Waals surface area contributed by atoms with E-state index in [1.807, 2.05) is 125 Å². The van der Waals surface area contributed by atoms with Crippen LogP contribution < -0.4 is 15.9 Å². The molecule has 0 amide bonds. The number of hydrogen-bond acceptors (Lipinski definition) is 2. The molecule has 0 radical (unpaired) electrons. The molecule has 182 valence electrons. The third-order valence-corrected chi connectivity index (χ3v) is 14.6. The molecule has 2 N–H and O–H groups in total. The number of hydrogen-bond donors (Lipinski definition) is 2. The molecule has 4 rings (SSSR count). The van der Waals surface area contributed by atoms with Crippen molar-refractivity contribution in [2.45, 2.75) is 33.9 Å². The van der Waals surface area contributed by atoms with Crippen LogP contribution in [0.4, 0.5) is 0 Å². The second-order valence-electron chi connectivity index (χ2n) is 9.29. The van der Waals surface area contributed by atoms with Crippen LogP contribution in [0.5, 0.6) is 0 Å². The molecule has 0 atom stereocenters. The normalized spacial score (nSPS) is 13.3. The molecule has 0 aromatic heterocycles. The van der Waals surface area contributed by atoms with E-state index in [2.05, 4.69) is 0 Å². The fourth-order valence-electron chi connectivity index (χ4n) is 5.36. The summed E-state index contributed by atoms with van der Waals surface area (Å²) in [7, 11) is -5.00. The van der Waals surface area contributed by atoms with Crippen molar-refractivity contribution >= 4 is 30.6 Å². The molecule has 0 heterocycles. The first-order valence-electron chi connectivity index (χ1n) is 11.6. The molecule has 6 heteroatoms. The first-order valence-corrected chi connectivity index (χ1v) is 15.5. The maximum absolute atomic E-state index is 13.1. The van der Waals surface area contributed by atoms with Crippen molar-refractivity contribution in [1.29, 1.82) is 0 Å². The Morgan fingerprint density at radius 3 is 1.34 bits per heavy atom. The summed E-state index contributed by atoms with van der Waals surface area (Å²) in [6.45, 7) is 3.70. The molecular weight excluding hydrogens is 474 g/mol. The fourth-order valence-corrected chi connectivity index (χ4v) is 14.4. The van der Waals surface area contributed by atoms with E-state index in [-0.39, 0.29) is 0 Å². The van der Waals surface area contributed by atoms with Crippen LogP contribution in [0.3, 0.4) is 0 Å². The van der Waals surface area contributed by atoms with E-state index < -0.39 is 14.7 Å². The summed E-state index contributed by atoms with van der Waals surface area (Å²) in [6, 6.07) is 31.7. The van der Waals surface area contributed by atoms with Gasteiger partial charge in [0, 0.05) is 0 Å². The second kappa shape index (κ2) is 9.47. The van der Waals surface area contributed by atoms with Gasteiger partial charge in [0.2, 0.25) is 0 Å². The molecule has 0 aliphatic carbocycles. The van der Waals surface area contributed by atoms with Gasteiger partial charge in [0.15, 0.2) is 0 Å². The molecule has 35 heavy (non-hydrogen) atoms. The van der Waals surface area contributed by atoms with Crippen molar-refractivity contribution in [2.24, 2.45) is 0 Å². The van der Waals surface area contributed by atoms with E-state index in [4.69, 9.17) is 4.31 Å². The Balaban J connectivity index is 2.32. The van der Waals surface area contributed by atoms with Crippen molar-refractivity contribution in [3.8, 4) is 0 Å². The summed E-state index contributed by atoms with van der Waals surface area (Å²) >= 11 is 0. The van der Waals surface area contributed by atoms with Crippen LogP contribution in [0.1, 0.15) is 27.8 Å². The molecule has 4 aromatic rings. The van der Waals surface area contributed by atoms with Gasteiger partial charge >= 0.3 is 208 Å². The minimum absolute atomic E-state index is 0.317. The SMILES string of the molecule is Cc1ccc(CP(OP(=O)(O)O)(c2ccccc2C)(c2ccccc2C)c2ccccc2C)cc1. The molecule has 0 bridgehead atoms. The van der Waals surface area contributed by atoms with Crippen LogP contribution in [-0.2, 0) is 15.0 Å². The zero-order valence-corrected chi connectivity index (χ0v) is 22.3. The standard InChI is InChI=1S/C29H32O4P2/c1-22-17-19-26(20-18-22)21-35(33-34(30,31)32,27-14-8-5-11-23(27)2,28-15-9-6-12-24(28)3)29-16-10-7-13-25(29)4/h5-20H,21H2,1-4H3,(H2,30,31,32). The summed E-state index contributed by atoms with van der Waals surface area (Å²) in [6.07, 6.45) is 0.317. The van der Waals surface area contributed by atoms with Crippen molar-refractivity contribution in [2.75, 3.05) is 0 Å². The quantitative estimate of drug-likeness (QED) is 0.303.